The van der Waals surface area contributed by atoms with Gasteiger partial charge in [-0.25, -0.2) is 9.97 Å². The van der Waals surface area contributed by atoms with Gasteiger partial charge in [-0.05, 0) is 19.8 Å². The lowest BCUT2D eigenvalue weighted by molar-refractivity contribution is 0.0314. The lowest BCUT2D eigenvalue weighted by Crippen LogP contribution is -2.32. The fourth-order valence-corrected chi connectivity index (χ4v) is 2.02. The minimum absolute atomic E-state index is 0.0773. The summed E-state index contributed by atoms with van der Waals surface area (Å²) in [5, 5.41) is 3.29. The molecule has 0 bridgehead atoms. The van der Waals surface area contributed by atoms with Gasteiger partial charge < -0.3 is 15.8 Å². The highest BCUT2D eigenvalue weighted by Gasteiger charge is 2.29. The second-order valence-corrected chi connectivity index (χ2v) is 4.70. The van der Waals surface area contributed by atoms with Gasteiger partial charge in [-0.15, -0.1) is 0 Å². The van der Waals surface area contributed by atoms with E-state index in [1.54, 1.807) is 6.07 Å². The summed E-state index contributed by atoms with van der Waals surface area (Å²) in [7, 11) is 0. The van der Waals surface area contributed by atoms with Crippen molar-refractivity contribution in [3.63, 3.8) is 0 Å². The summed E-state index contributed by atoms with van der Waals surface area (Å²) in [6.45, 7) is 5.75. The van der Waals surface area contributed by atoms with Crippen molar-refractivity contribution >= 4 is 11.6 Å². The standard InChI is InChI=1S/C12H20N4O/c1-3-10-15-9(13)7-11(16-10)14-8-12(2)5-4-6-17-12/h7H,3-6,8H2,1-2H3,(H3,13,14,15,16). The molecule has 1 unspecified atom stereocenters. The Morgan fingerprint density at radius 3 is 3.00 bits per heavy atom. The lowest BCUT2D eigenvalue weighted by atomic mass is 10.0. The Morgan fingerprint density at radius 1 is 1.53 bits per heavy atom. The molecule has 17 heavy (non-hydrogen) atoms. The van der Waals surface area contributed by atoms with Crippen LogP contribution in [-0.4, -0.2) is 28.7 Å². The quantitative estimate of drug-likeness (QED) is 0.830. The van der Waals surface area contributed by atoms with E-state index in [1.165, 1.54) is 0 Å². The van der Waals surface area contributed by atoms with E-state index in [9.17, 15) is 0 Å². The molecule has 1 aliphatic heterocycles. The molecule has 1 fully saturated rings. The zero-order valence-electron chi connectivity index (χ0n) is 10.5. The molecule has 5 heteroatoms. The first-order valence-electron chi connectivity index (χ1n) is 6.12. The van der Waals surface area contributed by atoms with Crippen LogP contribution in [0.3, 0.4) is 0 Å². The van der Waals surface area contributed by atoms with Gasteiger partial charge in [0.2, 0.25) is 0 Å². The topological polar surface area (TPSA) is 73.1 Å². The van der Waals surface area contributed by atoms with E-state index in [0.29, 0.717) is 5.82 Å². The van der Waals surface area contributed by atoms with Crippen molar-refractivity contribution in [2.75, 3.05) is 24.2 Å². The Morgan fingerprint density at radius 2 is 2.35 bits per heavy atom. The molecule has 1 aromatic heterocycles. The van der Waals surface area contributed by atoms with Crippen molar-refractivity contribution in [3.05, 3.63) is 11.9 Å². The van der Waals surface area contributed by atoms with E-state index < -0.39 is 0 Å². The number of hydrogen-bond acceptors (Lipinski definition) is 5. The van der Waals surface area contributed by atoms with Gasteiger partial charge in [-0.2, -0.15) is 0 Å². The van der Waals surface area contributed by atoms with Crippen LogP contribution in [0.5, 0.6) is 0 Å². The van der Waals surface area contributed by atoms with Gasteiger partial charge in [-0.3, -0.25) is 0 Å². The molecule has 0 radical (unpaired) electrons. The van der Waals surface area contributed by atoms with E-state index in [-0.39, 0.29) is 5.60 Å². The van der Waals surface area contributed by atoms with E-state index in [1.807, 2.05) is 6.92 Å². The molecule has 1 saturated heterocycles. The molecule has 1 aliphatic rings. The highest BCUT2D eigenvalue weighted by atomic mass is 16.5. The zero-order chi connectivity index (χ0) is 12.3. The van der Waals surface area contributed by atoms with Crippen LogP contribution in [0.15, 0.2) is 6.07 Å². The van der Waals surface area contributed by atoms with Gasteiger partial charge in [0.25, 0.3) is 0 Å². The normalized spacial score (nSPS) is 23.9. The van der Waals surface area contributed by atoms with Crippen LogP contribution >= 0.6 is 0 Å². The maximum atomic E-state index is 5.73. The monoisotopic (exact) mass is 236 g/mol. The van der Waals surface area contributed by atoms with E-state index in [4.69, 9.17) is 10.5 Å². The second-order valence-electron chi connectivity index (χ2n) is 4.70. The molecule has 0 amide bonds. The predicted molar refractivity (Wildman–Crippen MR) is 67.9 cm³/mol. The molecule has 0 aliphatic carbocycles. The van der Waals surface area contributed by atoms with E-state index in [0.717, 1.165) is 44.1 Å². The number of nitrogens with zero attached hydrogens (tertiary/aromatic N) is 2. The van der Waals surface area contributed by atoms with Crippen molar-refractivity contribution < 1.29 is 4.74 Å². The number of rotatable bonds is 4. The van der Waals surface area contributed by atoms with Crippen LogP contribution < -0.4 is 11.1 Å². The average molecular weight is 236 g/mol. The average Bonchev–Trinajstić information content (AvgIpc) is 2.73. The third kappa shape index (κ3) is 3.06. The molecule has 5 nitrogen and oxygen atoms in total. The smallest absolute Gasteiger partial charge is 0.132 e. The summed E-state index contributed by atoms with van der Waals surface area (Å²) in [4.78, 5) is 8.53. The Kier molecular flexibility index (Phi) is 3.47. The third-order valence-electron chi connectivity index (χ3n) is 3.05. The van der Waals surface area contributed by atoms with Crippen molar-refractivity contribution in [1.29, 1.82) is 0 Å². The Bertz CT molecular complexity index is 388. The van der Waals surface area contributed by atoms with Gasteiger partial charge in [0.1, 0.15) is 17.5 Å². The number of aryl methyl sites for hydroxylation is 1. The Hall–Kier alpha value is -1.36. The summed E-state index contributed by atoms with van der Waals surface area (Å²) in [5.74, 6) is 2.06. The molecule has 1 aromatic rings. The summed E-state index contributed by atoms with van der Waals surface area (Å²) >= 11 is 0. The van der Waals surface area contributed by atoms with Gasteiger partial charge >= 0.3 is 0 Å². The fraction of sp³-hybridized carbons (Fsp3) is 0.667. The van der Waals surface area contributed by atoms with Crippen molar-refractivity contribution in [2.45, 2.75) is 38.7 Å². The first kappa shape index (κ1) is 12.1. The fourth-order valence-electron chi connectivity index (χ4n) is 2.02. The number of nitrogens with two attached hydrogens (primary N) is 1. The molecule has 3 N–H and O–H groups in total. The molecule has 2 heterocycles. The summed E-state index contributed by atoms with van der Waals surface area (Å²) in [6.07, 6.45) is 3.00. The summed E-state index contributed by atoms with van der Waals surface area (Å²) in [5.41, 5.74) is 5.65. The van der Waals surface area contributed by atoms with Gasteiger partial charge in [-0.1, -0.05) is 6.92 Å². The Labute approximate surface area is 102 Å². The van der Waals surface area contributed by atoms with Crippen molar-refractivity contribution in [3.8, 4) is 0 Å². The minimum Gasteiger partial charge on any atom is -0.384 e. The van der Waals surface area contributed by atoms with Crippen LogP contribution in [0.1, 0.15) is 32.5 Å². The molecule has 0 spiro atoms. The second kappa shape index (κ2) is 4.87. The maximum Gasteiger partial charge on any atom is 0.132 e. The highest BCUT2D eigenvalue weighted by molar-refractivity contribution is 5.44. The van der Waals surface area contributed by atoms with E-state index >= 15 is 0 Å². The number of ether oxygens (including phenoxy) is 1. The van der Waals surface area contributed by atoms with Gasteiger partial charge in [0, 0.05) is 25.6 Å². The van der Waals surface area contributed by atoms with Crippen LogP contribution in [0.2, 0.25) is 0 Å². The number of hydrogen-bond donors (Lipinski definition) is 2. The molecule has 1 atom stereocenters. The van der Waals surface area contributed by atoms with Crippen molar-refractivity contribution in [2.24, 2.45) is 0 Å². The first-order chi connectivity index (χ1) is 8.11. The molecule has 0 aromatic carbocycles. The van der Waals surface area contributed by atoms with Crippen molar-refractivity contribution in [1.82, 2.24) is 9.97 Å². The van der Waals surface area contributed by atoms with Crippen LogP contribution in [0, 0.1) is 0 Å². The lowest BCUT2D eigenvalue weighted by Gasteiger charge is -2.23. The third-order valence-corrected chi connectivity index (χ3v) is 3.05. The molecular formula is C12H20N4O. The predicted octanol–water partition coefficient (Wildman–Crippen LogP) is 1.60. The number of anilines is 2. The van der Waals surface area contributed by atoms with Crippen LogP contribution in [0.25, 0.3) is 0 Å². The number of aromatic nitrogens is 2. The minimum atomic E-state index is -0.0773. The summed E-state index contributed by atoms with van der Waals surface area (Å²) < 4.78 is 5.71. The summed E-state index contributed by atoms with van der Waals surface area (Å²) in [6, 6.07) is 1.76. The molecule has 0 saturated carbocycles. The van der Waals surface area contributed by atoms with Gasteiger partial charge in [0.05, 0.1) is 5.60 Å². The molecular weight excluding hydrogens is 216 g/mol. The Balaban J connectivity index is 2.00. The largest absolute Gasteiger partial charge is 0.384 e. The van der Waals surface area contributed by atoms with Crippen LogP contribution in [0.4, 0.5) is 11.6 Å². The van der Waals surface area contributed by atoms with E-state index in [2.05, 4.69) is 22.2 Å². The highest BCUT2D eigenvalue weighted by Crippen LogP contribution is 2.25. The molecule has 2 rings (SSSR count). The SMILES string of the molecule is CCc1nc(N)cc(NCC2(C)CCCO2)n1. The van der Waals surface area contributed by atoms with Gasteiger partial charge in [0.15, 0.2) is 0 Å². The zero-order valence-corrected chi connectivity index (χ0v) is 10.5. The number of nitrogens with one attached hydrogen (secondary N) is 1. The molecule has 94 valence electrons. The number of nitrogen functional groups attached to an aromatic ring is 1. The van der Waals surface area contributed by atoms with Crippen LogP contribution in [-0.2, 0) is 11.2 Å². The maximum absolute atomic E-state index is 5.73. The first-order valence-corrected chi connectivity index (χ1v) is 6.12.